The Bertz CT molecular complexity index is 652. The molecule has 1 aliphatic rings. The first-order chi connectivity index (χ1) is 10.1. The quantitative estimate of drug-likeness (QED) is 0.889. The molecule has 21 heavy (non-hydrogen) atoms. The highest BCUT2D eigenvalue weighted by Gasteiger charge is 2.43. The number of carbonyl (C=O) groups excluding carboxylic acids is 1. The van der Waals surface area contributed by atoms with E-state index in [9.17, 15) is 4.79 Å². The summed E-state index contributed by atoms with van der Waals surface area (Å²) in [5, 5.41) is 3.13. The smallest absolute Gasteiger partial charge is 0.228 e. The Morgan fingerprint density at radius 3 is 2.29 bits per heavy atom. The topological polar surface area (TPSA) is 29.1 Å². The van der Waals surface area contributed by atoms with Crippen LogP contribution in [0, 0.1) is 26.7 Å². The number of rotatable bonds is 3. The Balaban J connectivity index is 1.72. The molecule has 0 heterocycles. The van der Waals surface area contributed by atoms with Crippen molar-refractivity contribution >= 4 is 11.6 Å². The molecule has 0 aliphatic heterocycles. The molecular weight excluding hydrogens is 258 g/mol. The van der Waals surface area contributed by atoms with Crippen molar-refractivity contribution in [3.05, 3.63) is 64.7 Å². The van der Waals surface area contributed by atoms with Crippen LogP contribution in [-0.4, -0.2) is 5.91 Å². The van der Waals surface area contributed by atoms with Gasteiger partial charge in [-0.2, -0.15) is 0 Å². The predicted octanol–water partition coefficient (Wildman–Crippen LogP) is 4.35. The number of benzene rings is 2. The summed E-state index contributed by atoms with van der Waals surface area (Å²) in [6, 6.07) is 14.5. The van der Waals surface area contributed by atoms with Gasteiger partial charge in [-0.15, -0.1) is 0 Å². The monoisotopic (exact) mass is 279 g/mol. The molecule has 2 heteroatoms. The zero-order chi connectivity index (χ0) is 15.0. The van der Waals surface area contributed by atoms with Crippen LogP contribution < -0.4 is 5.32 Å². The third kappa shape index (κ3) is 2.85. The Morgan fingerprint density at radius 1 is 1.05 bits per heavy atom. The summed E-state index contributed by atoms with van der Waals surface area (Å²) < 4.78 is 0. The molecule has 1 fully saturated rings. The van der Waals surface area contributed by atoms with E-state index >= 15 is 0 Å². The second kappa shape index (κ2) is 5.36. The van der Waals surface area contributed by atoms with Crippen LogP contribution >= 0.6 is 0 Å². The van der Waals surface area contributed by atoms with Crippen molar-refractivity contribution in [1.29, 1.82) is 0 Å². The van der Waals surface area contributed by atoms with Crippen molar-refractivity contribution in [2.24, 2.45) is 5.92 Å². The Kier molecular flexibility index (Phi) is 3.54. The average molecular weight is 279 g/mol. The fraction of sp³-hybridized carbons (Fsp3) is 0.316. The molecule has 2 aromatic carbocycles. The second-order valence-electron chi connectivity index (χ2n) is 6.12. The van der Waals surface area contributed by atoms with Crippen LogP contribution in [0.4, 0.5) is 5.69 Å². The highest BCUT2D eigenvalue weighted by molar-refractivity contribution is 5.96. The standard InChI is InChI=1S/C19H21NO/c1-12-9-13(2)18(14(3)10-12)20-19(21)17-11-16(17)15-7-5-4-6-8-15/h4-10,16-17H,11H2,1-3H3,(H,20,21). The summed E-state index contributed by atoms with van der Waals surface area (Å²) in [5.41, 5.74) is 5.76. The number of aryl methyl sites for hydroxylation is 3. The van der Waals surface area contributed by atoms with Gasteiger partial charge in [-0.05, 0) is 49.8 Å². The van der Waals surface area contributed by atoms with E-state index in [4.69, 9.17) is 0 Å². The van der Waals surface area contributed by atoms with Gasteiger partial charge in [0.15, 0.2) is 0 Å². The fourth-order valence-corrected chi connectivity index (χ4v) is 3.15. The van der Waals surface area contributed by atoms with E-state index in [0.29, 0.717) is 5.92 Å². The molecule has 1 amide bonds. The van der Waals surface area contributed by atoms with Gasteiger partial charge in [0.2, 0.25) is 5.91 Å². The molecule has 2 unspecified atom stereocenters. The average Bonchev–Trinajstić information content (AvgIpc) is 3.24. The first kappa shape index (κ1) is 13.9. The molecule has 108 valence electrons. The van der Waals surface area contributed by atoms with Crippen LogP contribution in [0.3, 0.4) is 0 Å². The number of nitrogens with one attached hydrogen (secondary N) is 1. The number of hydrogen-bond donors (Lipinski definition) is 1. The van der Waals surface area contributed by atoms with E-state index in [-0.39, 0.29) is 11.8 Å². The Hall–Kier alpha value is -2.09. The van der Waals surface area contributed by atoms with Gasteiger partial charge in [-0.1, -0.05) is 48.0 Å². The number of hydrogen-bond acceptors (Lipinski definition) is 1. The minimum Gasteiger partial charge on any atom is -0.325 e. The van der Waals surface area contributed by atoms with E-state index in [0.717, 1.165) is 23.2 Å². The molecule has 1 saturated carbocycles. The van der Waals surface area contributed by atoms with Gasteiger partial charge >= 0.3 is 0 Å². The molecule has 1 aliphatic carbocycles. The molecule has 2 atom stereocenters. The molecule has 0 aromatic heterocycles. The largest absolute Gasteiger partial charge is 0.325 e. The van der Waals surface area contributed by atoms with Gasteiger partial charge in [0.25, 0.3) is 0 Å². The molecule has 3 rings (SSSR count). The Morgan fingerprint density at radius 2 is 1.67 bits per heavy atom. The fourth-order valence-electron chi connectivity index (χ4n) is 3.15. The number of amides is 1. The molecule has 0 radical (unpaired) electrons. The molecule has 0 spiro atoms. The van der Waals surface area contributed by atoms with E-state index in [2.05, 4.69) is 50.4 Å². The van der Waals surface area contributed by atoms with Crippen molar-refractivity contribution < 1.29 is 4.79 Å². The lowest BCUT2D eigenvalue weighted by atomic mass is 10.0. The summed E-state index contributed by atoms with van der Waals surface area (Å²) in [5.74, 6) is 0.656. The predicted molar refractivity (Wildman–Crippen MR) is 86.6 cm³/mol. The van der Waals surface area contributed by atoms with Crippen molar-refractivity contribution in [3.63, 3.8) is 0 Å². The lowest BCUT2D eigenvalue weighted by Gasteiger charge is -2.13. The first-order valence-corrected chi connectivity index (χ1v) is 7.50. The van der Waals surface area contributed by atoms with Gasteiger partial charge in [-0.3, -0.25) is 4.79 Å². The number of carbonyl (C=O) groups is 1. The minimum atomic E-state index is 0.118. The molecule has 0 saturated heterocycles. The molecule has 2 nitrogen and oxygen atoms in total. The van der Waals surface area contributed by atoms with Crippen LogP contribution in [0.15, 0.2) is 42.5 Å². The van der Waals surface area contributed by atoms with Crippen molar-refractivity contribution in [3.8, 4) is 0 Å². The van der Waals surface area contributed by atoms with Gasteiger partial charge < -0.3 is 5.32 Å². The van der Waals surface area contributed by atoms with E-state index < -0.39 is 0 Å². The van der Waals surface area contributed by atoms with Crippen LogP contribution in [0.25, 0.3) is 0 Å². The summed E-state index contributed by atoms with van der Waals surface area (Å²) in [6.45, 7) is 6.19. The zero-order valence-corrected chi connectivity index (χ0v) is 12.8. The molecule has 2 aromatic rings. The van der Waals surface area contributed by atoms with E-state index in [1.54, 1.807) is 0 Å². The molecule has 0 bridgehead atoms. The third-order valence-electron chi connectivity index (χ3n) is 4.28. The summed E-state index contributed by atoms with van der Waals surface area (Å²) in [4.78, 5) is 12.4. The van der Waals surface area contributed by atoms with Gasteiger partial charge in [0.05, 0.1) is 0 Å². The second-order valence-corrected chi connectivity index (χ2v) is 6.12. The molecule has 1 N–H and O–H groups in total. The maximum atomic E-state index is 12.4. The summed E-state index contributed by atoms with van der Waals surface area (Å²) in [6.07, 6.45) is 0.958. The van der Waals surface area contributed by atoms with Gasteiger partial charge in [0, 0.05) is 11.6 Å². The maximum absolute atomic E-state index is 12.4. The Labute approximate surface area is 126 Å². The molecular formula is C19H21NO. The van der Waals surface area contributed by atoms with E-state index in [1.807, 2.05) is 18.2 Å². The maximum Gasteiger partial charge on any atom is 0.228 e. The zero-order valence-electron chi connectivity index (χ0n) is 12.8. The van der Waals surface area contributed by atoms with Crippen LogP contribution in [-0.2, 0) is 4.79 Å². The van der Waals surface area contributed by atoms with E-state index in [1.165, 1.54) is 11.1 Å². The van der Waals surface area contributed by atoms with Crippen LogP contribution in [0.1, 0.15) is 34.6 Å². The van der Waals surface area contributed by atoms with Crippen LogP contribution in [0.5, 0.6) is 0 Å². The normalized spacial score (nSPS) is 20.1. The highest BCUT2D eigenvalue weighted by atomic mass is 16.2. The van der Waals surface area contributed by atoms with Crippen molar-refractivity contribution in [2.75, 3.05) is 5.32 Å². The number of anilines is 1. The van der Waals surface area contributed by atoms with Gasteiger partial charge in [-0.25, -0.2) is 0 Å². The SMILES string of the molecule is Cc1cc(C)c(NC(=O)C2CC2c2ccccc2)c(C)c1. The highest BCUT2D eigenvalue weighted by Crippen LogP contribution is 2.48. The van der Waals surface area contributed by atoms with Crippen molar-refractivity contribution in [1.82, 2.24) is 0 Å². The first-order valence-electron chi connectivity index (χ1n) is 7.50. The third-order valence-corrected chi connectivity index (χ3v) is 4.28. The van der Waals surface area contributed by atoms with Crippen molar-refractivity contribution in [2.45, 2.75) is 33.1 Å². The summed E-state index contributed by atoms with van der Waals surface area (Å²) in [7, 11) is 0. The minimum absolute atomic E-state index is 0.118. The van der Waals surface area contributed by atoms with Gasteiger partial charge in [0.1, 0.15) is 0 Å². The summed E-state index contributed by atoms with van der Waals surface area (Å²) >= 11 is 0. The van der Waals surface area contributed by atoms with Crippen LogP contribution in [0.2, 0.25) is 0 Å². The lowest BCUT2D eigenvalue weighted by Crippen LogP contribution is -2.16. The lowest BCUT2D eigenvalue weighted by molar-refractivity contribution is -0.117.